The van der Waals surface area contributed by atoms with Gasteiger partial charge in [-0.1, -0.05) is 19.1 Å². The molecule has 1 atom stereocenters. The first-order valence-electron chi connectivity index (χ1n) is 9.35. The van der Waals surface area contributed by atoms with Gasteiger partial charge in [0.15, 0.2) is 0 Å². The fourth-order valence-corrected chi connectivity index (χ4v) is 3.55. The summed E-state index contributed by atoms with van der Waals surface area (Å²) in [7, 11) is 0. The molecule has 1 saturated carbocycles. The van der Waals surface area contributed by atoms with Crippen LogP contribution in [0.15, 0.2) is 24.3 Å². The molecule has 2 aliphatic rings. The molecule has 2 fully saturated rings. The first-order chi connectivity index (χ1) is 11.6. The highest BCUT2D eigenvalue weighted by Crippen LogP contribution is 2.28. The number of rotatable bonds is 7. The largest absolute Gasteiger partial charge is 0.343 e. The van der Waals surface area contributed by atoms with Gasteiger partial charge in [0.1, 0.15) is 5.82 Å². The van der Waals surface area contributed by atoms with Crippen LogP contribution >= 0.6 is 12.4 Å². The Balaban J connectivity index is 0.00000225. The molecular weight excluding hydrogens is 339 g/mol. The van der Waals surface area contributed by atoms with Crippen LogP contribution in [0.3, 0.4) is 0 Å². The molecule has 1 heterocycles. The Morgan fingerprint density at radius 1 is 1.28 bits per heavy atom. The molecule has 0 radical (unpaired) electrons. The molecule has 140 valence electrons. The van der Waals surface area contributed by atoms with Gasteiger partial charge in [-0.3, -0.25) is 4.79 Å². The second-order valence-electron chi connectivity index (χ2n) is 7.65. The van der Waals surface area contributed by atoms with E-state index in [2.05, 4.69) is 12.2 Å². The molecule has 1 amide bonds. The number of hydrogen-bond acceptors (Lipinski definition) is 2. The fourth-order valence-electron chi connectivity index (χ4n) is 3.55. The molecule has 5 heteroatoms. The minimum Gasteiger partial charge on any atom is -0.343 e. The predicted molar refractivity (Wildman–Crippen MR) is 101 cm³/mol. The van der Waals surface area contributed by atoms with E-state index in [9.17, 15) is 9.18 Å². The Labute approximate surface area is 156 Å². The van der Waals surface area contributed by atoms with E-state index in [1.807, 2.05) is 11.0 Å². The molecule has 1 unspecified atom stereocenters. The molecule has 0 bridgehead atoms. The average Bonchev–Trinajstić information content (AvgIpc) is 3.37. The lowest BCUT2D eigenvalue weighted by molar-refractivity contribution is -0.133. The van der Waals surface area contributed by atoms with Gasteiger partial charge in [-0.2, -0.15) is 0 Å². The Kier molecular flexibility index (Phi) is 7.70. The molecule has 25 heavy (non-hydrogen) atoms. The monoisotopic (exact) mass is 368 g/mol. The van der Waals surface area contributed by atoms with Crippen molar-refractivity contribution in [2.75, 3.05) is 19.6 Å². The molecule has 0 spiro atoms. The summed E-state index contributed by atoms with van der Waals surface area (Å²) in [5.41, 5.74) is 0.971. The number of nitrogens with zero attached hydrogens (tertiary/aromatic N) is 1. The van der Waals surface area contributed by atoms with E-state index < -0.39 is 0 Å². The van der Waals surface area contributed by atoms with Crippen LogP contribution in [0.1, 0.15) is 44.6 Å². The zero-order chi connectivity index (χ0) is 16.9. The molecule has 0 aromatic heterocycles. The van der Waals surface area contributed by atoms with Crippen molar-refractivity contribution in [3.8, 4) is 0 Å². The zero-order valence-corrected chi connectivity index (χ0v) is 15.9. The van der Waals surface area contributed by atoms with Gasteiger partial charge in [-0.15, -0.1) is 12.4 Å². The van der Waals surface area contributed by atoms with E-state index in [1.54, 1.807) is 12.1 Å². The summed E-state index contributed by atoms with van der Waals surface area (Å²) >= 11 is 0. The van der Waals surface area contributed by atoms with Crippen LogP contribution in [0.5, 0.6) is 0 Å². The van der Waals surface area contributed by atoms with Crippen LogP contribution in [0.25, 0.3) is 0 Å². The maximum absolute atomic E-state index is 13.2. The van der Waals surface area contributed by atoms with E-state index in [4.69, 9.17) is 0 Å². The Morgan fingerprint density at radius 3 is 2.64 bits per heavy atom. The van der Waals surface area contributed by atoms with Crippen molar-refractivity contribution in [1.82, 2.24) is 10.2 Å². The van der Waals surface area contributed by atoms with Gasteiger partial charge in [0.05, 0.1) is 0 Å². The third kappa shape index (κ3) is 6.59. The van der Waals surface area contributed by atoms with Crippen molar-refractivity contribution in [3.05, 3.63) is 35.6 Å². The first kappa shape index (κ1) is 20.2. The van der Waals surface area contributed by atoms with Crippen LogP contribution in [0.4, 0.5) is 4.39 Å². The van der Waals surface area contributed by atoms with E-state index in [1.165, 1.54) is 18.9 Å². The molecule has 1 aliphatic carbocycles. The molecule has 3 nitrogen and oxygen atoms in total. The van der Waals surface area contributed by atoms with Crippen LogP contribution < -0.4 is 5.32 Å². The van der Waals surface area contributed by atoms with E-state index in [0.29, 0.717) is 12.5 Å². The van der Waals surface area contributed by atoms with Gasteiger partial charge < -0.3 is 10.2 Å². The number of halogens is 2. The normalized spacial score (nSPS) is 19.4. The lowest BCUT2D eigenvalue weighted by Gasteiger charge is -2.33. The second kappa shape index (κ2) is 9.54. The van der Waals surface area contributed by atoms with Gasteiger partial charge in [0, 0.05) is 25.6 Å². The molecular formula is C20H30ClFN2O. The number of carbonyl (C=O) groups is 1. The van der Waals surface area contributed by atoms with Gasteiger partial charge in [0.25, 0.3) is 0 Å². The summed E-state index contributed by atoms with van der Waals surface area (Å²) in [5.74, 6) is 1.20. The fraction of sp³-hybridized carbons (Fsp3) is 0.650. The van der Waals surface area contributed by atoms with Crippen molar-refractivity contribution >= 4 is 18.3 Å². The summed E-state index contributed by atoms with van der Waals surface area (Å²) < 4.78 is 13.2. The number of nitrogens with one attached hydrogen (secondary N) is 1. The first-order valence-corrected chi connectivity index (χ1v) is 9.35. The number of piperidine rings is 1. The van der Waals surface area contributed by atoms with Gasteiger partial charge >= 0.3 is 0 Å². The van der Waals surface area contributed by atoms with Gasteiger partial charge in [-0.05, 0) is 68.2 Å². The smallest absolute Gasteiger partial charge is 0.222 e. The lowest BCUT2D eigenvalue weighted by Crippen LogP contribution is -2.45. The third-order valence-electron chi connectivity index (χ3n) is 5.24. The van der Waals surface area contributed by atoms with Crippen molar-refractivity contribution in [2.24, 2.45) is 11.8 Å². The SMILES string of the molecule is CC(CC(=O)N1CCC(NCC2CC2)CC1)Cc1cccc(F)c1.Cl. The minimum atomic E-state index is -0.202. The molecule has 1 N–H and O–H groups in total. The molecule has 1 aromatic carbocycles. The van der Waals surface area contributed by atoms with Crippen molar-refractivity contribution in [2.45, 2.75) is 51.5 Å². The van der Waals surface area contributed by atoms with Crippen LogP contribution in [-0.2, 0) is 11.2 Å². The molecule has 1 aromatic rings. The average molecular weight is 369 g/mol. The van der Waals surface area contributed by atoms with Crippen LogP contribution in [-0.4, -0.2) is 36.5 Å². The summed E-state index contributed by atoms with van der Waals surface area (Å²) in [4.78, 5) is 14.5. The highest BCUT2D eigenvalue weighted by Gasteiger charge is 2.26. The third-order valence-corrected chi connectivity index (χ3v) is 5.24. The van der Waals surface area contributed by atoms with E-state index in [-0.39, 0.29) is 30.0 Å². The van der Waals surface area contributed by atoms with Crippen molar-refractivity contribution < 1.29 is 9.18 Å². The molecule has 3 rings (SSSR count). The summed E-state index contributed by atoms with van der Waals surface area (Å²) in [5, 5.41) is 3.65. The summed E-state index contributed by atoms with van der Waals surface area (Å²) in [6.45, 7) is 4.97. The second-order valence-corrected chi connectivity index (χ2v) is 7.65. The van der Waals surface area contributed by atoms with Crippen LogP contribution in [0.2, 0.25) is 0 Å². The van der Waals surface area contributed by atoms with Crippen LogP contribution in [0, 0.1) is 17.7 Å². The Bertz CT molecular complexity index is 556. The maximum atomic E-state index is 13.2. The number of likely N-dealkylation sites (tertiary alicyclic amines) is 1. The lowest BCUT2D eigenvalue weighted by atomic mass is 9.96. The van der Waals surface area contributed by atoms with Gasteiger partial charge in [-0.25, -0.2) is 4.39 Å². The number of carbonyl (C=O) groups excluding carboxylic acids is 1. The van der Waals surface area contributed by atoms with Gasteiger partial charge in [0.2, 0.25) is 5.91 Å². The van der Waals surface area contributed by atoms with Crippen molar-refractivity contribution in [1.29, 1.82) is 0 Å². The highest BCUT2D eigenvalue weighted by molar-refractivity contribution is 5.85. The highest BCUT2D eigenvalue weighted by atomic mass is 35.5. The topological polar surface area (TPSA) is 32.3 Å². The standard InChI is InChI=1S/C20H29FN2O.ClH/c1-15(11-17-3-2-4-18(21)13-17)12-20(24)23-9-7-19(8-10-23)22-14-16-5-6-16;/h2-4,13,15-16,19,22H,5-12,14H2,1H3;1H. The maximum Gasteiger partial charge on any atom is 0.222 e. The zero-order valence-electron chi connectivity index (χ0n) is 15.0. The number of benzene rings is 1. The number of amides is 1. The molecule has 1 saturated heterocycles. The van der Waals surface area contributed by atoms with Crippen molar-refractivity contribution in [3.63, 3.8) is 0 Å². The Hall–Kier alpha value is -1.13. The summed E-state index contributed by atoms with van der Waals surface area (Å²) in [6.07, 6.45) is 6.20. The van der Waals surface area contributed by atoms with E-state index in [0.717, 1.165) is 50.4 Å². The quantitative estimate of drug-likeness (QED) is 0.793. The minimum absolute atomic E-state index is 0. The summed E-state index contributed by atoms with van der Waals surface area (Å²) in [6, 6.07) is 7.28. The Morgan fingerprint density at radius 2 is 2.00 bits per heavy atom. The number of hydrogen-bond donors (Lipinski definition) is 1. The van der Waals surface area contributed by atoms with E-state index >= 15 is 0 Å². The predicted octanol–water partition coefficient (Wildman–Crippen LogP) is 3.81. The molecule has 1 aliphatic heterocycles.